The van der Waals surface area contributed by atoms with Crippen molar-refractivity contribution in [3.05, 3.63) is 40.3 Å². The van der Waals surface area contributed by atoms with Crippen LogP contribution in [0.1, 0.15) is 10.7 Å². The molecule has 0 unspecified atom stereocenters. The van der Waals surface area contributed by atoms with Crippen LogP contribution in [0.2, 0.25) is 0 Å². The Balaban J connectivity index is 2.00. The molecule has 1 N–H and O–H groups in total. The van der Waals surface area contributed by atoms with Gasteiger partial charge in [-0.15, -0.1) is 11.3 Å². The molecule has 0 aliphatic heterocycles. The van der Waals surface area contributed by atoms with E-state index in [9.17, 15) is 4.79 Å². The fourth-order valence-electron chi connectivity index (χ4n) is 1.69. The molecular weight excluding hydrogens is 258 g/mol. The molecule has 1 amide bonds. The molecule has 4 nitrogen and oxygen atoms in total. The van der Waals surface area contributed by atoms with Crippen LogP contribution in [-0.4, -0.2) is 25.0 Å². The SMILES string of the molecule is Cc1csc(CC(=O)Nc2cccc(N(C)C)c2)n1. The van der Waals surface area contributed by atoms with E-state index in [0.29, 0.717) is 6.42 Å². The summed E-state index contributed by atoms with van der Waals surface area (Å²) in [7, 11) is 3.94. The Hall–Kier alpha value is -1.88. The lowest BCUT2D eigenvalue weighted by molar-refractivity contribution is -0.115. The van der Waals surface area contributed by atoms with Crippen molar-refractivity contribution in [1.29, 1.82) is 0 Å². The predicted molar refractivity (Wildman–Crippen MR) is 80.0 cm³/mol. The minimum absolute atomic E-state index is 0.0368. The molecule has 2 rings (SSSR count). The summed E-state index contributed by atoms with van der Waals surface area (Å²) in [6.07, 6.45) is 0.324. The van der Waals surface area contributed by atoms with Crippen LogP contribution >= 0.6 is 11.3 Å². The molecule has 1 aromatic carbocycles. The maximum atomic E-state index is 11.9. The van der Waals surface area contributed by atoms with Gasteiger partial charge in [-0.05, 0) is 25.1 Å². The van der Waals surface area contributed by atoms with Crippen molar-refractivity contribution in [2.24, 2.45) is 0 Å². The highest BCUT2D eigenvalue weighted by Gasteiger charge is 2.07. The maximum absolute atomic E-state index is 11.9. The van der Waals surface area contributed by atoms with E-state index in [-0.39, 0.29) is 5.91 Å². The number of aryl methyl sites for hydroxylation is 1. The van der Waals surface area contributed by atoms with Crippen molar-refractivity contribution in [3.8, 4) is 0 Å². The first-order valence-corrected chi connectivity index (χ1v) is 6.91. The minimum Gasteiger partial charge on any atom is -0.378 e. The zero-order chi connectivity index (χ0) is 13.8. The number of hydrogen-bond donors (Lipinski definition) is 1. The summed E-state index contributed by atoms with van der Waals surface area (Å²) >= 11 is 1.52. The Kier molecular flexibility index (Phi) is 4.16. The largest absolute Gasteiger partial charge is 0.378 e. The first kappa shape index (κ1) is 13.5. The molecule has 0 atom stereocenters. The smallest absolute Gasteiger partial charge is 0.231 e. The van der Waals surface area contributed by atoms with Crippen molar-refractivity contribution in [2.45, 2.75) is 13.3 Å². The molecule has 0 bridgehead atoms. The fraction of sp³-hybridized carbons (Fsp3) is 0.286. The third-order valence-corrected chi connectivity index (χ3v) is 3.59. The molecule has 5 heteroatoms. The second-order valence-electron chi connectivity index (χ2n) is 4.55. The van der Waals surface area contributed by atoms with Crippen LogP contribution in [0.4, 0.5) is 11.4 Å². The molecule has 1 aromatic heterocycles. The molecule has 0 saturated heterocycles. The van der Waals surface area contributed by atoms with Crippen LogP contribution in [0.15, 0.2) is 29.6 Å². The molecule has 0 fully saturated rings. The Morgan fingerprint density at radius 2 is 2.21 bits per heavy atom. The van der Waals surface area contributed by atoms with Gasteiger partial charge in [0.1, 0.15) is 5.01 Å². The molecule has 19 heavy (non-hydrogen) atoms. The van der Waals surface area contributed by atoms with Gasteiger partial charge in [0.2, 0.25) is 5.91 Å². The van der Waals surface area contributed by atoms with Crippen LogP contribution in [0.5, 0.6) is 0 Å². The van der Waals surface area contributed by atoms with Crippen LogP contribution in [0, 0.1) is 6.92 Å². The number of anilines is 2. The summed E-state index contributed by atoms with van der Waals surface area (Å²) in [6.45, 7) is 1.93. The molecule has 0 saturated carbocycles. The van der Waals surface area contributed by atoms with Gasteiger partial charge in [-0.25, -0.2) is 4.98 Å². The van der Waals surface area contributed by atoms with Gasteiger partial charge < -0.3 is 10.2 Å². The number of amides is 1. The van der Waals surface area contributed by atoms with Gasteiger partial charge in [-0.2, -0.15) is 0 Å². The van der Waals surface area contributed by atoms with E-state index in [1.807, 2.05) is 55.6 Å². The van der Waals surface area contributed by atoms with Crippen molar-refractivity contribution >= 4 is 28.6 Å². The van der Waals surface area contributed by atoms with Gasteiger partial charge in [-0.3, -0.25) is 4.79 Å². The quantitative estimate of drug-likeness (QED) is 0.933. The molecule has 0 radical (unpaired) electrons. The Bertz CT molecular complexity index is 578. The summed E-state index contributed by atoms with van der Waals surface area (Å²) in [5, 5.41) is 5.70. The number of nitrogens with zero attached hydrogens (tertiary/aromatic N) is 2. The number of benzene rings is 1. The van der Waals surface area contributed by atoms with Crippen molar-refractivity contribution in [3.63, 3.8) is 0 Å². The number of rotatable bonds is 4. The highest BCUT2D eigenvalue weighted by Crippen LogP contribution is 2.18. The highest BCUT2D eigenvalue weighted by molar-refractivity contribution is 7.09. The number of carbonyl (C=O) groups excluding carboxylic acids is 1. The number of carbonyl (C=O) groups is 1. The van der Waals surface area contributed by atoms with Crippen molar-refractivity contribution in [1.82, 2.24) is 4.98 Å². The molecule has 1 heterocycles. The third-order valence-electron chi connectivity index (χ3n) is 2.62. The van der Waals surface area contributed by atoms with Crippen LogP contribution in [0.25, 0.3) is 0 Å². The summed E-state index contributed by atoms with van der Waals surface area (Å²) in [5.74, 6) is -0.0368. The molecular formula is C14H17N3OS. The standard InChI is InChI=1S/C14H17N3OS/c1-10-9-19-14(15-10)8-13(18)16-11-5-4-6-12(7-11)17(2)3/h4-7,9H,8H2,1-3H3,(H,16,18). The van der Waals surface area contributed by atoms with E-state index in [1.165, 1.54) is 11.3 Å². The van der Waals surface area contributed by atoms with Crippen molar-refractivity contribution < 1.29 is 4.79 Å². The molecule has 2 aromatic rings. The van der Waals surface area contributed by atoms with Gasteiger partial charge in [0, 0.05) is 36.5 Å². The topological polar surface area (TPSA) is 45.2 Å². The van der Waals surface area contributed by atoms with Gasteiger partial charge in [0.15, 0.2) is 0 Å². The Morgan fingerprint density at radius 3 is 2.84 bits per heavy atom. The average molecular weight is 275 g/mol. The lowest BCUT2D eigenvalue weighted by Gasteiger charge is -2.13. The highest BCUT2D eigenvalue weighted by atomic mass is 32.1. The fourth-order valence-corrected chi connectivity index (χ4v) is 2.46. The normalized spacial score (nSPS) is 10.3. The zero-order valence-corrected chi connectivity index (χ0v) is 12.1. The van der Waals surface area contributed by atoms with Gasteiger partial charge in [0.25, 0.3) is 0 Å². The molecule has 100 valence electrons. The number of nitrogens with one attached hydrogen (secondary N) is 1. The molecule has 0 spiro atoms. The zero-order valence-electron chi connectivity index (χ0n) is 11.3. The van der Waals surface area contributed by atoms with E-state index < -0.39 is 0 Å². The number of thiazole rings is 1. The third kappa shape index (κ3) is 3.79. The predicted octanol–water partition coefficient (Wildman–Crippen LogP) is 2.70. The first-order chi connectivity index (χ1) is 9.04. The Morgan fingerprint density at radius 1 is 1.42 bits per heavy atom. The summed E-state index contributed by atoms with van der Waals surface area (Å²) in [6, 6.07) is 7.77. The van der Waals surface area contributed by atoms with E-state index >= 15 is 0 Å². The number of hydrogen-bond acceptors (Lipinski definition) is 4. The van der Waals surface area contributed by atoms with Gasteiger partial charge in [0.05, 0.1) is 6.42 Å². The van der Waals surface area contributed by atoms with Crippen molar-refractivity contribution in [2.75, 3.05) is 24.3 Å². The maximum Gasteiger partial charge on any atom is 0.231 e. The van der Waals surface area contributed by atoms with E-state index in [4.69, 9.17) is 0 Å². The lowest BCUT2D eigenvalue weighted by atomic mass is 10.2. The van der Waals surface area contributed by atoms with Crippen LogP contribution in [0.3, 0.4) is 0 Å². The second-order valence-corrected chi connectivity index (χ2v) is 5.49. The Labute approximate surface area is 117 Å². The van der Waals surface area contributed by atoms with Crippen LogP contribution in [-0.2, 0) is 11.2 Å². The minimum atomic E-state index is -0.0368. The van der Waals surface area contributed by atoms with E-state index in [1.54, 1.807) is 0 Å². The molecule has 0 aliphatic carbocycles. The van der Waals surface area contributed by atoms with Gasteiger partial charge >= 0.3 is 0 Å². The monoisotopic (exact) mass is 275 g/mol. The summed E-state index contributed by atoms with van der Waals surface area (Å²) < 4.78 is 0. The van der Waals surface area contributed by atoms with Gasteiger partial charge in [-0.1, -0.05) is 6.07 Å². The van der Waals surface area contributed by atoms with E-state index in [0.717, 1.165) is 22.1 Å². The lowest BCUT2D eigenvalue weighted by Crippen LogP contribution is -2.15. The summed E-state index contributed by atoms with van der Waals surface area (Å²) in [4.78, 5) is 18.2. The van der Waals surface area contributed by atoms with E-state index in [2.05, 4.69) is 10.3 Å². The summed E-state index contributed by atoms with van der Waals surface area (Å²) in [5.41, 5.74) is 2.83. The second kappa shape index (κ2) is 5.84. The average Bonchev–Trinajstić information content (AvgIpc) is 2.74. The number of aromatic nitrogens is 1. The first-order valence-electron chi connectivity index (χ1n) is 6.03. The van der Waals surface area contributed by atoms with Crippen LogP contribution < -0.4 is 10.2 Å². The molecule has 0 aliphatic rings.